The van der Waals surface area contributed by atoms with Crippen LogP contribution < -0.4 is 10.3 Å². The fraction of sp³-hybridized carbons (Fsp3) is 0.240. The third kappa shape index (κ3) is 4.08. The molecular weight excluding hydrogens is 392 g/mol. The fourth-order valence-electron chi connectivity index (χ4n) is 3.56. The molecule has 0 aliphatic heterocycles. The number of hydrogen-bond acceptors (Lipinski definition) is 5. The van der Waals surface area contributed by atoms with E-state index in [0.29, 0.717) is 12.4 Å². The summed E-state index contributed by atoms with van der Waals surface area (Å²) in [5.41, 5.74) is 0.286. The number of nitrogens with zero attached hydrogens (tertiary/aromatic N) is 2. The lowest BCUT2D eigenvalue weighted by atomic mass is 9.96. The third-order valence-electron chi connectivity index (χ3n) is 5.24. The van der Waals surface area contributed by atoms with Crippen LogP contribution in [0.1, 0.15) is 58.9 Å². The summed E-state index contributed by atoms with van der Waals surface area (Å²) in [5.74, 6) is -0.583. The van der Waals surface area contributed by atoms with E-state index < -0.39 is 23.3 Å². The number of benzene rings is 2. The highest BCUT2D eigenvalue weighted by molar-refractivity contribution is 6.13. The molecule has 0 aliphatic carbocycles. The number of carbonyl (C=O) groups excluding carboxylic acids is 1. The number of aromatic nitrogens is 1. The summed E-state index contributed by atoms with van der Waals surface area (Å²) in [6.45, 7) is 5.63. The van der Waals surface area contributed by atoms with Gasteiger partial charge >= 0.3 is 0 Å². The van der Waals surface area contributed by atoms with Crippen molar-refractivity contribution < 1.29 is 14.6 Å². The number of rotatable bonds is 7. The maximum absolute atomic E-state index is 13.5. The monoisotopic (exact) mass is 416 g/mol. The molecule has 0 saturated carbocycles. The minimum Gasteiger partial charge on any atom is -0.494 e. The van der Waals surface area contributed by atoms with Gasteiger partial charge in [0.25, 0.3) is 5.56 Å². The molecule has 0 aliphatic rings. The lowest BCUT2D eigenvalue weighted by Gasteiger charge is -2.21. The zero-order chi connectivity index (χ0) is 22.5. The van der Waals surface area contributed by atoms with Gasteiger partial charge in [0, 0.05) is 0 Å². The van der Waals surface area contributed by atoms with Crippen LogP contribution in [0.5, 0.6) is 11.6 Å². The molecule has 1 atom stereocenters. The Morgan fingerprint density at radius 1 is 1.16 bits per heavy atom. The average Bonchev–Trinajstić information content (AvgIpc) is 2.78. The van der Waals surface area contributed by atoms with Gasteiger partial charge in [-0.05, 0) is 43.5 Å². The van der Waals surface area contributed by atoms with Crippen molar-refractivity contribution in [3.8, 4) is 17.7 Å². The van der Waals surface area contributed by atoms with E-state index in [4.69, 9.17) is 4.74 Å². The normalized spacial score (nSPS) is 11.5. The molecular formula is C25H24N2O4. The van der Waals surface area contributed by atoms with Crippen LogP contribution in [0, 0.1) is 18.3 Å². The van der Waals surface area contributed by atoms with Crippen molar-refractivity contribution in [1.29, 1.82) is 5.26 Å². The van der Waals surface area contributed by atoms with Crippen LogP contribution in [0.25, 0.3) is 0 Å². The Morgan fingerprint density at radius 3 is 2.45 bits per heavy atom. The van der Waals surface area contributed by atoms with E-state index in [1.165, 1.54) is 6.92 Å². The molecule has 0 amide bonds. The number of aromatic hydroxyl groups is 1. The number of para-hydroxylation sites is 1. The van der Waals surface area contributed by atoms with Crippen LogP contribution in [0.15, 0.2) is 59.4 Å². The summed E-state index contributed by atoms with van der Waals surface area (Å²) in [6.07, 6.45) is 0.769. The minimum absolute atomic E-state index is 0.0773. The van der Waals surface area contributed by atoms with Gasteiger partial charge in [-0.25, -0.2) is 0 Å². The molecule has 1 aromatic heterocycles. The van der Waals surface area contributed by atoms with E-state index in [9.17, 15) is 20.0 Å². The van der Waals surface area contributed by atoms with Gasteiger partial charge in [0.2, 0.25) is 11.7 Å². The maximum atomic E-state index is 13.5. The van der Waals surface area contributed by atoms with Gasteiger partial charge in [-0.15, -0.1) is 0 Å². The highest BCUT2D eigenvalue weighted by Gasteiger charge is 2.28. The Bertz CT molecular complexity index is 1210. The topological polar surface area (TPSA) is 92.3 Å². The molecule has 6 heteroatoms. The van der Waals surface area contributed by atoms with Crippen LogP contribution in [0.4, 0.5) is 0 Å². The molecule has 0 radical (unpaired) electrons. The first-order valence-corrected chi connectivity index (χ1v) is 10.1. The van der Waals surface area contributed by atoms with E-state index in [1.807, 2.05) is 43.3 Å². The second-order valence-electron chi connectivity index (χ2n) is 7.25. The van der Waals surface area contributed by atoms with Crippen LogP contribution in [-0.2, 0) is 0 Å². The van der Waals surface area contributed by atoms with Gasteiger partial charge in [0.15, 0.2) is 0 Å². The summed E-state index contributed by atoms with van der Waals surface area (Å²) < 4.78 is 6.80. The van der Waals surface area contributed by atoms with Crippen molar-refractivity contribution in [3.05, 3.63) is 92.8 Å². The van der Waals surface area contributed by atoms with Crippen molar-refractivity contribution in [2.45, 2.75) is 33.2 Å². The van der Waals surface area contributed by atoms with Gasteiger partial charge in [0.1, 0.15) is 17.4 Å². The first-order chi connectivity index (χ1) is 14.9. The summed E-state index contributed by atoms with van der Waals surface area (Å²) in [4.78, 5) is 26.5. The quantitative estimate of drug-likeness (QED) is 0.578. The van der Waals surface area contributed by atoms with Gasteiger partial charge in [0.05, 0.1) is 23.8 Å². The van der Waals surface area contributed by atoms with E-state index in [-0.39, 0.29) is 22.3 Å². The minimum atomic E-state index is -0.638. The van der Waals surface area contributed by atoms with Crippen LogP contribution in [0.3, 0.4) is 0 Å². The zero-order valence-corrected chi connectivity index (χ0v) is 17.8. The number of carbonyl (C=O) groups is 1. The second kappa shape index (κ2) is 9.31. The smallest absolute Gasteiger partial charge is 0.272 e. The molecule has 31 heavy (non-hydrogen) atoms. The molecule has 3 aromatic rings. The number of pyridine rings is 1. The Labute approximate surface area is 181 Å². The first kappa shape index (κ1) is 21.8. The molecule has 158 valence electrons. The summed E-state index contributed by atoms with van der Waals surface area (Å²) in [5, 5.41) is 20.7. The predicted molar refractivity (Wildman–Crippen MR) is 118 cm³/mol. The van der Waals surface area contributed by atoms with E-state index >= 15 is 0 Å². The summed E-state index contributed by atoms with van der Waals surface area (Å²) >= 11 is 0. The predicted octanol–water partition coefficient (Wildman–Crippen LogP) is 4.36. The Balaban J connectivity index is 2.24. The number of hydrogen-bond donors (Lipinski definition) is 1. The maximum Gasteiger partial charge on any atom is 0.272 e. The fourth-order valence-corrected chi connectivity index (χ4v) is 3.56. The molecule has 2 aromatic carbocycles. The Morgan fingerprint density at radius 2 is 1.81 bits per heavy atom. The average molecular weight is 416 g/mol. The van der Waals surface area contributed by atoms with Gasteiger partial charge < -0.3 is 9.84 Å². The third-order valence-corrected chi connectivity index (χ3v) is 5.24. The molecule has 1 heterocycles. The molecule has 0 spiro atoms. The molecule has 0 bridgehead atoms. The highest BCUT2D eigenvalue weighted by atomic mass is 16.5. The molecule has 6 nitrogen and oxygen atoms in total. The van der Waals surface area contributed by atoms with Crippen molar-refractivity contribution in [1.82, 2.24) is 4.57 Å². The summed E-state index contributed by atoms with van der Waals surface area (Å²) in [7, 11) is 0. The molecule has 0 saturated heterocycles. The molecule has 1 unspecified atom stereocenters. The SMILES string of the molecule is CCCOc1ccccc1C(=O)c1c(C)c(C#N)c(=O)n(C(C)c2ccccc2)c1O. The number of nitriles is 1. The van der Waals surface area contributed by atoms with Crippen molar-refractivity contribution >= 4 is 5.78 Å². The lowest BCUT2D eigenvalue weighted by Crippen LogP contribution is -2.29. The molecule has 1 N–H and O–H groups in total. The van der Waals surface area contributed by atoms with E-state index in [0.717, 1.165) is 16.6 Å². The molecule has 3 rings (SSSR count). The van der Waals surface area contributed by atoms with Gasteiger partial charge in [-0.1, -0.05) is 49.4 Å². The van der Waals surface area contributed by atoms with E-state index in [2.05, 4.69) is 0 Å². The van der Waals surface area contributed by atoms with E-state index in [1.54, 1.807) is 31.2 Å². The Hall–Kier alpha value is -3.85. The first-order valence-electron chi connectivity index (χ1n) is 10.1. The summed E-state index contributed by atoms with van der Waals surface area (Å²) in [6, 6.07) is 17.2. The van der Waals surface area contributed by atoms with Gasteiger partial charge in [-0.2, -0.15) is 5.26 Å². The van der Waals surface area contributed by atoms with Crippen LogP contribution in [0.2, 0.25) is 0 Å². The standard InChI is InChI=1S/C25H24N2O4/c1-4-14-31-21-13-9-8-12-19(21)23(28)22-16(2)20(15-26)24(29)27(25(22)30)17(3)18-10-6-5-7-11-18/h5-13,17,30H,4,14H2,1-3H3. The highest BCUT2D eigenvalue weighted by Crippen LogP contribution is 2.31. The second-order valence-corrected chi connectivity index (χ2v) is 7.25. The van der Waals surface area contributed by atoms with Crippen LogP contribution in [-0.4, -0.2) is 22.1 Å². The Kier molecular flexibility index (Phi) is 6.56. The lowest BCUT2D eigenvalue weighted by molar-refractivity contribution is 0.103. The molecule has 0 fully saturated rings. The van der Waals surface area contributed by atoms with Crippen molar-refractivity contribution in [2.75, 3.05) is 6.61 Å². The van der Waals surface area contributed by atoms with Crippen LogP contribution >= 0.6 is 0 Å². The largest absolute Gasteiger partial charge is 0.494 e. The number of ether oxygens (including phenoxy) is 1. The number of ketones is 1. The zero-order valence-electron chi connectivity index (χ0n) is 17.8. The van der Waals surface area contributed by atoms with Crippen molar-refractivity contribution in [2.24, 2.45) is 0 Å². The van der Waals surface area contributed by atoms with Crippen molar-refractivity contribution in [3.63, 3.8) is 0 Å². The van der Waals surface area contributed by atoms with Gasteiger partial charge in [-0.3, -0.25) is 14.2 Å².